The van der Waals surface area contributed by atoms with Gasteiger partial charge < -0.3 is 35.0 Å². The van der Waals surface area contributed by atoms with Gasteiger partial charge in [-0.1, -0.05) is 6.07 Å². The summed E-state index contributed by atoms with van der Waals surface area (Å²) in [7, 11) is 0. The normalized spacial score (nSPS) is 16.5. The molecule has 2 fully saturated rings. The molecule has 228 valence electrons. The van der Waals surface area contributed by atoms with E-state index in [1.165, 1.54) is 6.20 Å². The number of nitrogens with zero attached hydrogens (tertiary/aromatic N) is 3. The van der Waals surface area contributed by atoms with E-state index in [9.17, 15) is 24.3 Å². The van der Waals surface area contributed by atoms with E-state index in [4.69, 9.17) is 9.47 Å². The van der Waals surface area contributed by atoms with Crippen molar-refractivity contribution in [2.75, 3.05) is 43.2 Å². The number of carboxylic acid groups (broad SMARTS) is 1. The van der Waals surface area contributed by atoms with Gasteiger partial charge in [-0.25, -0.2) is 0 Å². The number of carbonyl (C=O) groups excluding carboxylic acids is 3. The Kier molecular flexibility index (Phi) is 8.31. The SMILES string of the molecule is O=C(O)CC(NC(=O)c1ccc(N2CCCN(C(=O)C3CC3)CC2)c(NC(=O)c2ccc3c(c2)OCO3)c1)c1cccnc1. The maximum Gasteiger partial charge on any atom is 0.305 e. The highest BCUT2D eigenvalue weighted by molar-refractivity contribution is 6.07. The third-order valence-electron chi connectivity index (χ3n) is 7.99. The lowest BCUT2D eigenvalue weighted by Gasteiger charge is -2.27. The molecule has 2 aromatic carbocycles. The first-order chi connectivity index (χ1) is 21.4. The molecule has 6 rings (SSSR count). The Hall–Kier alpha value is -5.13. The zero-order valence-electron chi connectivity index (χ0n) is 24.0. The Morgan fingerprint density at radius 1 is 0.932 bits per heavy atom. The summed E-state index contributed by atoms with van der Waals surface area (Å²) in [6, 6.07) is 12.5. The molecule has 0 spiro atoms. The van der Waals surface area contributed by atoms with Crippen molar-refractivity contribution in [3.63, 3.8) is 0 Å². The number of hydrogen-bond donors (Lipinski definition) is 3. The van der Waals surface area contributed by atoms with Crippen LogP contribution in [0.5, 0.6) is 11.5 Å². The number of carbonyl (C=O) groups is 4. The van der Waals surface area contributed by atoms with E-state index in [2.05, 4.69) is 20.5 Å². The smallest absolute Gasteiger partial charge is 0.305 e. The molecule has 44 heavy (non-hydrogen) atoms. The van der Waals surface area contributed by atoms with E-state index in [1.54, 1.807) is 54.7 Å². The number of anilines is 2. The molecule has 3 aromatic rings. The molecule has 1 atom stereocenters. The number of nitrogens with one attached hydrogen (secondary N) is 2. The van der Waals surface area contributed by atoms with Crippen molar-refractivity contribution in [3.8, 4) is 11.5 Å². The van der Waals surface area contributed by atoms with Crippen molar-refractivity contribution < 1.29 is 33.8 Å². The molecule has 1 unspecified atom stereocenters. The highest BCUT2D eigenvalue weighted by Gasteiger charge is 2.34. The Labute approximate surface area is 254 Å². The summed E-state index contributed by atoms with van der Waals surface area (Å²) in [5.41, 5.74) is 2.29. The van der Waals surface area contributed by atoms with Crippen LogP contribution in [0.2, 0.25) is 0 Å². The van der Waals surface area contributed by atoms with Crippen molar-refractivity contribution >= 4 is 35.1 Å². The predicted molar refractivity (Wildman–Crippen MR) is 160 cm³/mol. The van der Waals surface area contributed by atoms with Crippen LogP contribution in [0.25, 0.3) is 0 Å². The number of aromatic nitrogens is 1. The van der Waals surface area contributed by atoms with Gasteiger partial charge in [0.25, 0.3) is 11.8 Å². The number of benzene rings is 2. The quantitative estimate of drug-likeness (QED) is 0.336. The average Bonchev–Trinajstić information content (AvgIpc) is 3.82. The summed E-state index contributed by atoms with van der Waals surface area (Å²) >= 11 is 0. The second kappa shape index (κ2) is 12.6. The van der Waals surface area contributed by atoms with Crippen LogP contribution in [0.3, 0.4) is 0 Å². The largest absolute Gasteiger partial charge is 0.481 e. The minimum absolute atomic E-state index is 0.0822. The van der Waals surface area contributed by atoms with Crippen molar-refractivity contribution in [1.82, 2.24) is 15.2 Å². The molecule has 12 nitrogen and oxygen atoms in total. The summed E-state index contributed by atoms with van der Waals surface area (Å²) in [4.78, 5) is 59.3. The summed E-state index contributed by atoms with van der Waals surface area (Å²) in [5.74, 6) is -0.586. The lowest BCUT2D eigenvalue weighted by atomic mass is 10.0. The molecular formula is C32H33N5O7. The third-order valence-corrected chi connectivity index (χ3v) is 7.99. The average molecular weight is 600 g/mol. The number of hydrogen-bond acceptors (Lipinski definition) is 8. The van der Waals surface area contributed by atoms with E-state index >= 15 is 0 Å². The molecule has 1 saturated heterocycles. The van der Waals surface area contributed by atoms with Crippen molar-refractivity contribution in [1.29, 1.82) is 0 Å². The maximum atomic E-state index is 13.5. The van der Waals surface area contributed by atoms with Crippen LogP contribution >= 0.6 is 0 Å². The van der Waals surface area contributed by atoms with Crippen molar-refractivity contribution in [2.45, 2.75) is 31.7 Å². The molecule has 0 bridgehead atoms. The molecule has 3 aliphatic rings. The predicted octanol–water partition coefficient (Wildman–Crippen LogP) is 3.46. The lowest BCUT2D eigenvalue weighted by molar-refractivity contribution is -0.137. The Bertz CT molecular complexity index is 1580. The van der Waals surface area contributed by atoms with Crippen LogP contribution in [0.1, 0.15) is 58.0 Å². The number of ether oxygens (including phenoxy) is 2. The van der Waals surface area contributed by atoms with Crippen LogP contribution in [-0.4, -0.2) is 71.7 Å². The van der Waals surface area contributed by atoms with Gasteiger partial charge in [-0.05, 0) is 67.3 Å². The zero-order chi connectivity index (χ0) is 30.6. The minimum Gasteiger partial charge on any atom is -0.481 e. The van der Waals surface area contributed by atoms with Gasteiger partial charge in [0.1, 0.15) is 0 Å². The Morgan fingerprint density at radius 3 is 2.50 bits per heavy atom. The number of rotatable bonds is 9. The van der Waals surface area contributed by atoms with Gasteiger partial charge in [0.2, 0.25) is 12.7 Å². The molecule has 2 aliphatic heterocycles. The van der Waals surface area contributed by atoms with E-state index in [0.29, 0.717) is 60.2 Å². The number of aliphatic carboxylic acids is 1. The molecule has 3 heterocycles. The number of fused-ring (bicyclic) bond motifs is 1. The fourth-order valence-electron chi connectivity index (χ4n) is 5.50. The van der Waals surface area contributed by atoms with Gasteiger partial charge >= 0.3 is 5.97 Å². The molecule has 12 heteroatoms. The van der Waals surface area contributed by atoms with Gasteiger partial charge in [-0.3, -0.25) is 24.2 Å². The summed E-state index contributed by atoms with van der Waals surface area (Å²) in [6.07, 6.45) is 5.43. The molecule has 1 saturated carbocycles. The van der Waals surface area contributed by atoms with Crippen LogP contribution in [0.4, 0.5) is 11.4 Å². The van der Waals surface area contributed by atoms with Crippen molar-refractivity contribution in [3.05, 3.63) is 77.6 Å². The first kappa shape index (κ1) is 29.0. The lowest BCUT2D eigenvalue weighted by Crippen LogP contribution is -2.36. The number of carboxylic acids is 1. The van der Waals surface area contributed by atoms with Crippen molar-refractivity contribution in [2.24, 2.45) is 5.92 Å². The number of amides is 3. The summed E-state index contributed by atoms with van der Waals surface area (Å²) in [5, 5.41) is 15.2. The first-order valence-corrected chi connectivity index (χ1v) is 14.7. The summed E-state index contributed by atoms with van der Waals surface area (Å²) in [6.45, 7) is 2.55. The van der Waals surface area contributed by atoms with Crippen LogP contribution < -0.4 is 25.0 Å². The Balaban J connectivity index is 1.27. The molecular weight excluding hydrogens is 566 g/mol. The first-order valence-electron chi connectivity index (χ1n) is 14.7. The van der Waals surface area contributed by atoms with Gasteiger partial charge in [-0.2, -0.15) is 0 Å². The maximum absolute atomic E-state index is 13.5. The summed E-state index contributed by atoms with van der Waals surface area (Å²) < 4.78 is 10.8. The zero-order valence-corrected chi connectivity index (χ0v) is 24.0. The van der Waals surface area contributed by atoms with E-state index in [1.807, 2.05) is 4.90 Å². The van der Waals surface area contributed by atoms with E-state index < -0.39 is 23.8 Å². The second-order valence-corrected chi connectivity index (χ2v) is 11.1. The van der Waals surface area contributed by atoms with Gasteiger partial charge in [-0.15, -0.1) is 0 Å². The third kappa shape index (κ3) is 6.59. The van der Waals surface area contributed by atoms with Crippen LogP contribution in [0, 0.1) is 5.92 Å². The molecule has 0 radical (unpaired) electrons. The van der Waals surface area contributed by atoms with Gasteiger partial charge in [0.05, 0.1) is 23.8 Å². The standard InChI is InChI=1S/C32H33N5O7/c38-29(39)17-24(23-3-1-10-33-18-23)34-30(40)21-6-8-26(36-11-2-12-37(14-13-36)32(42)20-4-5-20)25(15-21)35-31(41)22-7-9-27-28(16-22)44-19-43-27/h1,3,6-10,15-16,18,20,24H,2,4-5,11-14,17,19H2,(H,34,40)(H,35,41)(H,38,39). The topological polar surface area (TPSA) is 150 Å². The molecule has 1 aliphatic carbocycles. The monoisotopic (exact) mass is 599 g/mol. The molecule has 1 aromatic heterocycles. The van der Waals surface area contributed by atoms with Crippen LogP contribution in [0.15, 0.2) is 60.9 Å². The van der Waals surface area contributed by atoms with Crippen LogP contribution in [-0.2, 0) is 9.59 Å². The highest BCUT2D eigenvalue weighted by atomic mass is 16.7. The fourth-order valence-corrected chi connectivity index (χ4v) is 5.50. The van der Waals surface area contributed by atoms with Gasteiger partial charge in [0, 0.05) is 55.6 Å². The van der Waals surface area contributed by atoms with Gasteiger partial charge in [0.15, 0.2) is 11.5 Å². The fraction of sp³-hybridized carbons (Fsp3) is 0.344. The molecule has 3 amide bonds. The Morgan fingerprint density at radius 2 is 1.73 bits per heavy atom. The highest BCUT2D eigenvalue weighted by Crippen LogP contribution is 2.35. The molecule has 3 N–H and O–H groups in total. The minimum atomic E-state index is -1.07. The second-order valence-electron chi connectivity index (χ2n) is 11.1. The van der Waals surface area contributed by atoms with E-state index in [-0.39, 0.29) is 30.6 Å². The number of pyridine rings is 1. The van der Waals surface area contributed by atoms with E-state index in [0.717, 1.165) is 19.3 Å².